The normalized spacial score (nSPS) is 22.9. The van der Waals surface area contributed by atoms with Crippen LogP contribution in [0.2, 0.25) is 0 Å². The van der Waals surface area contributed by atoms with Crippen LogP contribution >= 0.6 is 0 Å². The molecule has 1 aliphatic carbocycles. The lowest BCUT2D eigenvalue weighted by Crippen LogP contribution is -2.52. The third kappa shape index (κ3) is 3.69. The van der Waals surface area contributed by atoms with E-state index in [2.05, 4.69) is 16.3 Å². The molecule has 0 aromatic heterocycles. The zero-order valence-corrected chi connectivity index (χ0v) is 16.2. The lowest BCUT2D eigenvalue weighted by atomic mass is 10.0. The van der Waals surface area contributed by atoms with Crippen LogP contribution < -0.4 is 11.1 Å². The van der Waals surface area contributed by atoms with Crippen molar-refractivity contribution in [2.24, 2.45) is 5.73 Å². The molecule has 1 aromatic rings. The monoisotopic (exact) mass is 384 g/mol. The summed E-state index contributed by atoms with van der Waals surface area (Å²) >= 11 is 0. The Bertz CT molecular complexity index is 788. The molecule has 1 atom stereocenters. The highest BCUT2D eigenvalue weighted by Gasteiger charge is 2.39. The van der Waals surface area contributed by atoms with Gasteiger partial charge in [0.25, 0.3) is 5.91 Å². The number of carbonyl (C=O) groups is 3. The van der Waals surface area contributed by atoms with Crippen LogP contribution in [0.1, 0.15) is 60.0 Å². The number of benzene rings is 1. The number of imide groups is 1. The highest BCUT2D eigenvalue weighted by atomic mass is 16.2. The van der Waals surface area contributed by atoms with Crippen LogP contribution in [0, 0.1) is 0 Å². The first-order valence-corrected chi connectivity index (χ1v) is 10.3. The Kier molecular flexibility index (Phi) is 5.46. The second kappa shape index (κ2) is 8.01. The maximum Gasteiger partial charge on any atom is 0.255 e. The summed E-state index contributed by atoms with van der Waals surface area (Å²) in [5.41, 5.74) is 8.56. The third-order valence-corrected chi connectivity index (χ3v) is 6.24. The fourth-order valence-electron chi connectivity index (χ4n) is 4.76. The van der Waals surface area contributed by atoms with Gasteiger partial charge in [0.15, 0.2) is 0 Å². The number of carbonyl (C=O) groups excluding carboxylic acids is 3. The summed E-state index contributed by atoms with van der Waals surface area (Å²) in [6, 6.07) is 6.07. The maximum absolute atomic E-state index is 13.0. The molecule has 4 rings (SSSR count). The van der Waals surface area contributed by atoms with E-state index in [1.165, 1.54) is 25.7 Å². The number of fused-ring (bicyclic) bond motifs is 1. The van der Waals surface area contributed by atoms with Crippen molar-refractivity contribution < 1.29 is 14.4 Å². The van der Waals surface area contributed by atoms with E-state index in [1.54, 1.807) is 4.90 Å². The minimum atomic E-state index is -0.562. The van der Waals surface area contributed by atoms with E-state index in [4.69, 9.17) is 5.73 Å². The Morgan fingerprint density at radius 1 is 1.14 bits per heavy atom. The van der Waals surface area contributed by atoms with Crippen LogP contribution in [0.4, 0.5) is 0 Å². The summed E-state index contributed by atoms with van der Waals surface area (Å²) in [5, 5.41) is 2.35. The van der Waals surface area contributed by atoms with Crippen molar-refractivity contribution in [3.8, 4) is 0 Å². The number of amides is 3. The summed E-state index contributed by atoms with van der Waals surface area (Å²) in [5.74, 6) is -0.745. The number of nitrogens with zero attached hydrogens (tertiary/aromatic N) is 2. The zero-order valence-electron chi connectivity index (χ0n) is 16.2. The van der Waals surface area contributed by atoms with Crippen LogP contribution in [0.15, 0.2) is 18.2 Å². The molecule has 7 heteroatoms. The van der Waals surface area contributed by atoms with Gasteiger partial charge in [-0.2, -0.15) is 0 Å². The molecule has 0 spiro atoms. The summed E-state index contributed by atoms with van der Waals surface area (Å²) in [7, 11) is 0. The molecule has 1 aromatic carbocycles. The summed E-state index contributed by atoms with van der Waals surface area (Å²) in [4.78, 5) is 40.6. The predicted octanol–water partition coefficient (Wildman–Crippen LogP) is 1.15. The van der Waals surface area contributed by atoms with Crippen LogP contribution in [-0.2, 0) is 22.7 Å². The largest absolute Gasteiger partial charge is 0.329 e. The Morgan fingerprint density at radius 3 is 2.64 bits per heavy atom. The van der Waals surface area contributed by atoms with Crippen molar-refractivity contribution in [2.75, 3.05) is 13.1 Å². The molecule has 2 aliphatic heterocycles. The van der Waals surface area contributed by atoms with Crippen molar-refractivity contribution in [3.05, 3.63) is 34.9 Å². The number of piperidine rings is 1. The minimum absolute atomic E-state index is 0.113. The number of hydrogen-bond donors (Lipinski definition) is 2. The van der Waals surface area contributed by atoms with Crippen molar-refractivity contribution in [2.45, 2.75) is 63.7 Å². The first-order chi connectivity index (χ1) is 13.6. The third-order valence-electron chi connectivity index (χ3n) is 6.24. The molecule has 0 radical (unpaired) electrons. The molecular formula is C21H28N4O3. The van der Waals surface area contributed by atoms with E-state index in [1.807, 2.05) is 12.1 Å². The lowest BCUT2D eigenvalue weighted by molar-refractivity contribution is -0.136. The fourth-order valence-corrected chi connectivity index (χ4v) is 4.76. The molecule has 28 heavy (non-hydrogen) atoms. The summed E-state index contributed by atoms with van der Waals surface area (Å²) < 4.78 is 0. The maximum atomic E-state index is 13.0. The van der Waals surface area contributed by atoms with Crippen LogP contribution in [0.3, 0.4) is 0 Å². The van der Waals surface area contributed by atoms with Gasteiger partial charge in [0.1, 0.15) is 6.04 Å². The van der Waals surface area contributed by atoms with Gasteiger partial charge in [-0.05, 0) is 36.5 Å². The molecule has 1 saturated heterocycles. The molecule has 0 bridgehead atoms. The lowest BCUT2D eigenvalue weighted by Gasteiger charge is -2.29. The Morgan fingerprint density at radius 2 is 1.93 bits per heavy atom. The van der Waals surface area contributed by atoms with Crippen LogP contribution in [0.25, 0.3) is 0 Å². The van der Waals surface area contributed by atoms with E-state index < -0.39 is 6.04 Å². The van der Waals surface area contributed by atoms with Crippen molar-refractivity contribution >= 4 is 17.7 Å². The van der Waals surface area contributed by atoms with E-state index in [0.717, 1.165) is 24.2 Å². The average molecular weight is 384 g/mol. The first-order valence-electron chi connectivity index (χ1n) is 10.3. The second-order valence-corrected chi connectivity index (χ2v) is 8.09. The smallest absolute Gasteiger partial charge is 0.255 e. The van der Waals surface area contributed by atoms with Gasteiger partial charge in [-0.25, -0.2) is 0 Å². The van der Waals surface area contributed by atoms with E-state index in [-0.39, 0.29) is 24.1 Å². The van der Waals surface area contributed by atoms with Gasteiger partial charge < -0.3 is 10.6 Å². The van der Waals surface area contributed by atoms with Gasteiger partial charge in [-0.1, -0.05) is 25.0 Å². The predicted molar refractivity (Wildman–Crippen MR) is 104 cm³/mol. The van der Waals surface area contributed by atoms with Gasteiger partial charge in [0.2, 0.25) is 11.8 Å². The standard InChI is InChI=1S/C21H28N4O3/c22-9-10-24(16-3-1-2-4-16)12-14-5-6-15-13-25(21(28)17(15)11-14)18-7-8-19(26)23-20(18)27/h5-6,11,16,18H,1-4,7-10,12-13,22H2,(H,23,26,27). The van der Waals surface area contributed by atoms with Gasteiger partial charge >= 0.3 is 0 Å². The summed E-state index contributed by atoms with van der Waals surface area (Å²) in [6.45, 7) is 2.71. The SMILES string of the molecule is NCCN(Cc1ccc2c(c1)C(=O)N(C1CCC(=O)NC1=O)C2)C1CCCC1. The second-order valence-electron chi connectivity index (χ2n) is 8.09. The van der Waals surface area contributed by atoms with E-state index in [0.29, 0.717) is 31.1 Å². The quantitative estimate of drug-likeness (QED) is 0.718. The molecule has 3 amide bonds. The summed E-state index contributed by atoms with van der Waals surface area (Å²) in [6.07, 6.45) is 5.64. The van der Waals surface area contributed by atoms with Crippen molar-refractivity contribution in [3.63, 3.8) is 0 Å². The van der Waals surface area contributed by atoms with Crippen molar-refractivity contribution in [1.82, 2.24) is 15.1 Å². The van der Waals surface area contributed by atoms with Crippen LogP contribution in [0.5, 0.6) is 0 Å². The topological polar surface area (TPSA) is 95.7 Å². The van der Waals surface area contributed by atoms with Crippen LogP contribution in [-0.4, -0.2) is 52.7 Å². The minimum Gasteiger partial charge on any atom is -0.329 e. The van der Waals surface area contributed by atoms with Crippen molar-refractivity contribution in [1.29, 1.82) is 0 Å². The average Bonchev–Trinajstić information content (AvgIpc) is 3.31. The highest BCUT2D eigenvalue weighted by Crippen LogP contribution is 2.30. The van der Waals surface area contributed by atoms with E-state index in [9.17, 15) is 14.4 Å². The number of hydrogen-bond acceptors (Lipinski definition) is 5. The number of rotatable bonds is 6. The van der Waals surface area contributed by atoms with Gasteiger partial charge in [0, 0.05) is 44.2 Å². The molecular weight excluding hydrogens is 356 g/mol. The first kappa shape index (κ1) is 19.1. The van der Waals surface area contributed by atoms with E-state index >= 15 is 0 Å². The molecule has 3 aliphatic rings. The highest BCUT2D eigenvalue weighted by molar-refractivity contribution is 6.05. The molecule has 1 saturated carbocycles. The number of nitrogens with two attached hydrogens (primary N) is 1. The Balaban J connectivity index is 1.49. The molecule has 3 N–H and O–H groups in total. The molecule has 2 heterocycles. The van der Waals surface area contributed by atoms with Gasteiger partial charge in [-0.15, -0.1) is 0 Å². The molecule has 7 nitrogen and oxygen atoms in total. The number of nitrogens with one attached hydrogen (secondary N) is 1. The molecule has 2 fully saturated rings. The Hall–Kier alpha value is -2.25. The van der Waals surface area contributed by atoms with Gasteiger partial charge in [0.05, 0.1) is 0 Å². The fraction of sp³-hybridized carbons (Fsp3) is 0.571. The van der Waals surface area contributed by atoms with Gasteiger partial charge in [-0.3, -0.25) is 24.6 Å². The Labute approximate surface area is 165 Å². The molecule has 1 unspecified atom stereocenters. The molecule has 150 valence electrons. The zero-order chi connectivity index (χ0) is 19.7.